The number of benzene rings is 2. The van der Waals surface area contributed by atoms with E-state index in [0.29, 0.717) is 17.1 Å². The van der Waals surface area contributed by atoms with Crippen LogP contribution in [0.3, 0.4) is 0 Å². The molecule has 2 aromatic carbocycles. The van der Waals surface area contributed by atoms with Crippen molar-refractivity contribution in [2.24, 2.45) is 0 Å². The minimum absolute atomic E-state index is 0.0191. The average Bonchev–Trinajstić information content (AvgIpc) is 3.30. The molecule has 0 radical (unpaired) electrons. The third-order valence-electron chi connectivity index (χ3n) is 6.80. The van der Waals surface area contributed by atoms with Gasteiger partial charge in [0.1, 0.15) is 11.1 Å². The normalized spacial score (nSPS) is 20.3. The molecule has 1 N–H and O–H groups in total. The van der Waals surface area contributed by atoms with E-state index < -0.39 is 17.2 Å². The second-order valence-corrected chi connectivity index (χ2v) is 9.28. The Morgan fingerprint density at radius 3 is 2.41 bits per heavy atom. The first kappa shape index (κ1) is 20.5. The Morgan fingerprint density at radius 1 is 1.03 bits per heavy atom. The van der Waals surface area contributed by atoms with Gasteiger partial charge in [-0.05, 0) is 72.1 Å². The van der Waals surface area contributed by atoms with Gasteiger partial charge >= 0.3 is 11.7 Å². The Hall–Kier alpha value is -3.41. The van der Waals surface area contributed by atoms with E-state index in [2.05, 4.69) is 19.2 Å². The molecule has 1 unspecified atom stereocenters. The third kappa shape index (κ3) is 3.22. The lowest BCUT2D eigenvalue weighted by Crippen LogP contribution is -2.40. The SMILES string of the molecule is CC(C)c1ccc(C2(C)NC(=O)N(Cc3cc(=O)oc4cc5c(cc34)CCC5)C2=O)cc1. The smallest absolute Gasteiger partial charge is 0.336 e. The molecule has 5 rings (SSSR count). The molecule has 3 aromatic rings. The van der Waals surface area contributed by atoms with Gasteiger partial charge in [0.15, 0.2) is 0 Å². The first-order valence-corrected chi connectivity index (χ1v) is 11.1. The van der Waals surface area contributed by atoms with Crippen molar-refractivity contribution in [3.8, 4) is 0 Å². The first-order chi connectivity index (χ1) is 15.3. The van der Waals surface area contributed by atoms with Gasteiger partial charge in [-0.2, -0.15) is 0 Å². The zero-order valence-electron chi connectivity index (χ0n) is 18.5. The number of nitrogens with zero attached hydrogens (tertiary/aromatic N) is 1. The molecule has 32 heavy (non-hydrogen) atoms. The van der Waals surface area contributed by atoms with Crippen molar-refractivity contribution in [2.45, 2.75) is 58.0 Å². The van der Waals surface area contributed by atoms with Gasteiger partial charge in [-0.15, -0.1) is 0 Å². The summed E-state index contributed by atoms with van der Waals surface area (Å²) >= 11 is 0. The maximum Gasteiger partial charge on any atom is 0.336 e. The van der Waals surface area contributed by atoms with Gasteiger partial charge in [0.2, 0.25) is 0 Å². The highest BCUT2D eigenvalue weighted by Gasteiger charge is 2.49. The number of nitrogens with one attached hydrogen (secondary N) is 1. The van der Waals surface area contributed by atoms with Crippen LogP contribution in [0.5, 0.6) is 0 Å². The zero-order chi connectivity index (χ0) is 22.6. The number of hydrogen-bond donors (Lipinski definition) is 1. The Bertz CT molecular complexity index is 1310. The largest absolute Gasteiger partial charge is 0.423 e. The maximum absolute atomic E-state index is 13.4. The molecule has 1 fully saturated rings. The maximum atomic E-state index is 13.4. The van der Waals surface area contributed by atoms with E-state index in [1.165, 1.54) is 27.7 Å². The molecule has 1 aliphatic carbocycles. The second kappa shape index (κ2) is 7.33. The lowest BCUT2D eigenvalue weighted by Gasteiger charge is -2.23. The molecule has 2 aliphatic rings. The first-order valence-electron chi connectivity index (χ1n) is 11.1. The predicted octanol–water partition coefficient (Wildman–Crippen LogP) is 4.37. The lowest BCUT2D eigenvalue weighted by molar-refractivity contribution is -0.131. The fourth-order valence-corrected chi connectivity index (χ4v) is 4.83. The number of carbonyl (C=O) groups is 2. The molecular weight excluding hydrogens is 404 g/mol. The van der Waals surface area contributed by atoms with Gasteiger partial charge in [-0.3, -0.25) is 9.69 Å². The number of carbonyl (C=O) groups excluding carboxylic acids is 2. The number of urea groups is 1. The molecule has 1 saturated heterocycles. The summed E-state index contributed by atoms with van der Waals surface area (Å²) in [7, 11) is 0. The van der Waals surface area contributed by atoms with Crippen LogP contribution in [0.4, 0.5) is 4.79 Å². The monoisotopic (exact) mass is 430 g/mol. The van der Waals surface area contributed by atoms with Crippen molar-refractivity contribution in [3.63, 3.8) is 0 Å². The summed E-state index contributed by atoms with van der Waals surface area (Å²) in [6, 6.07) is 12.7. The van der Waals surface area contributed by atoms with Gasteiger partial charge < -0.3 is 9.73 Å². The number of aryl methyl sites for hydroxylation is 2. The highest BCUT2D eigenvalue weighted by molar-refractivity contribution is 6.07. The van der Waals surface area contributed by atoms with E-state index in [0.717, 1.165) is 30.2 Å². The van der Waals surface area contributed by atoms with Gasteiger partial charge in [0.25, 0.3) is 5.91 Å². The Labute approximate surface area is 186 Å². The van der Waals surface area contributed by atoms with Gasteiger partial charge in [-0.1, -0.05) is 38.1 Å². The third-order valence-corrected chi connectivity index (χ3v) is 6.80. The van der Waals surface area contributed by atoms with E-state index in [4.69, 9.17) is 4.42 Å². The van der Waals surface area contributed by atoms with Gasteiger partial charge in [0, 0.05) is 11.5 Å². The average molecular weight is 431 g/mol. The fourth-order valence-electron chi connectivity index (χ4n) is 4.83. The zero-order valence-corrected chi connectivity index (χ0v) is 18.5. The van der Waals surface area contributed by atoms with Crippen LogP contribution in [-0.4, -0.2) is 16.8 Å². The Morgan fingerprint density at radius 2 is 1.72 bits per heavy atom. The van der Waals surface area contributed by atoms with E-state index >= 15 is 0 Å². The van der Waals surface area contributed by atoms with Crippen LogP contribution < -0.4 is 10.9 Å². The highest BCUT2D eigenvalue weighted by atomic mass is 16.4. The minimum Gasteiger partial charge on any atom is -0.423 e. The number of imide groups is 1. The Balaban J connectivity index is 1.50. The summed E-state index contributed by atoms with van der Waals surface area (Å²) in [5.74, 6) is 0.0454. The van der Waals surface area contributed by atoms with Crippen LogP contribution >= 0.6 is 0 Å². The standard InChI is InChI=1S/C26H26N2O4/c1-15(2)16-7-9-20(10-8-16)26(3)24(30)28(25(31)27-26)14-19-13-23(29)32-22-12-18-6-4-5-17(18)11-21(19)22/h7-13,15H,4-6,14H2,1-3H3,(H,27,31). The molecular formula is C26H26N2O4. The minimum atomic E-state index is -1.15. The van der Waals surface area contributed by atoms with Crippen molar-refractivity contribution in [3.05, 3.63) is 80.7 Å². The van der Waals surface area contributed by atoms with E-state index in [9.17, 15) is 14.4 Å². The van der Waals surface area contributed by atoms with E-state index in [1.807, 2.05) is 36.4 Å². The molecule has 0 bridgehead atoms. The molecule has 1 atom stereocenters. The summed E-state index contributed by atoms with van der Waals surface area (Å²) in [6.07, 6.45) is 3.03. The molecule has 0 spiro atoms. The van der Waals surface area contributed by atoms with Crippen LogP contribution in [-0.2, 0) is 29.7 Å². The number of fused-ring (bicyclic) bond motifs is 2. The van der Waals surface area contributed by atoms with Gasteiger partial charge in [0.05, 0.1) is 6.54 Å². The molecule has 6 heteroatoms. The lowest BCUT2D eigenvalue weighted by atomic mass is 9.90. The molecule has 1 aromatic heterocycles. The van der Waals surface area contributed by atoms with E-state index in [1.54, 1.807) is 6.92 Å². The second-order valence-electron chi connectivity index (χ2n) is 9.28. The van der Waals surface area contributed by atoms with Crippen molar-refractivity contribution < 1.29 is 14.0 Å². The molecule has 2 heterocycles. The van der Waals surface area contributed by atoms with Crippen molar-refractivity contribution in [1.82, 2.24) is 10.2 Å². The van der Waals surface area contributed by atoms with Crippen LogP contribution in [0.1, 0.15) is 60.9 Å². The summed E-state index contributed by atoms with van der Waals surface area (Å²) in [4.78, 5) is 39.7. The highest BCUT2D eigenvalue weighted by Crippen LogP contribution is 2.33. The number of rotatable bonds is 4. The van der Waals surface area contributed by atoms with Crippen molar-refractivity contribution in [1.29, 1.82) is 0 Å². The van der Waals surface area contributed by atoms with Gasteiger partial charge in [-0.25, -0.2) is 9.59 Å². The molecule has 0 saturated carbocycles. The fraction of sp³-hybridized carbons (Fsp3) is 0.346. The summed E-state index contributed by atoms with van der Waals surface area (Å²) < 4.78 is 5.43. The van der Waals surface area contributed by atoms with Crippen LogP contribution in [0.2, 0.25) is 0 Å². The Kier molecular flexibility index (Phi) is 4.69. The number of amides is 3. The summed E-state index contributed by atoms with van der Waals surface area (Å²) in [5.41, 5.74) is 3.83. The van der Waals surface area contributed by atoms with Crippen LogP contribution in [0.25, 0.3) is 11.0 Å². The van der Waals surface area contributed by atoms with Crippen LogP contribution in [0, 0.1) is 0 Å². The van der Waals surface area contributed by atoms with Crippen molar-refractivity contribution in [2.75, 3.05) is 0 Å². The van der Waals surface area contributed by atoms with E-state index in [-0.39, 0.29) is 12.5 Å². The van der Waals surface area contributed by atoms with Crippen molar-refractivity contribution >= 4 is 22.9 Å². The molecule has 1 aliphatic heterocycles. The number of hydrogen-bond acceptors (Lipinski definition) is 4. The summed E-state index contributed by atoms with van der Waals surface area (Å²) in [6.45, 7) is 5.96. The quantitative estimate of drug-likeness (QED) is 0.492. The molecule has 6 nitrogen and oxygen atoms in total. The predicted molar refractivity (Wildman–Crippen MR) is 121 cm³/mol. The topological polar surface area (TPSA) is 79.6 Å². The van der Waals surface area contributed by atoms with Crippen LogP contribution in [0.15, 0.2) is 51.7 Å². The molecule has 164 valence electrons. The summed E-state index contributed by atoms with van der Waals surface area (Å²) in [5, 5.41) is 3.63. The molecule has 3 amide bonds.